The standard InChI is InChI=1S/C5H5N5.C4H8O2/c6-4-3-5(9-1-7-3)10-2-8-4;1-3-6-4(2)5/h1-2H,(H3,6,7,8,9,10);3H2,1-2H3. The van der Waals surface area contributed by atoms with Gasteiger partial charge in [-0.1, -0.05) is 0 Å². The van der Waals surface area contributed by atoms with Gasteiger partial charge in [-0.3, -0.25) is 4.79 Å². The van der Waals surface area contributed by atoms with Crippen LogP contribution in [0, 0.1) is 0 Å². The summed E-state index contributed by atoms with van der Waals surface area (Å²) >= 11 is 0. The third-order valence-electron chi connectivity index (χ3n) is 1.60. The van der Waals surface area contributed by atoms with Crippen LogP contribution in [0.25, 0.3) is 11.2 Å². The average molecular weight is 223 g/mol. The predicted molar refractivity (Wildman–Crippen MR) is 58.4 cm³/mol. The van der Waals surface area contributed by atoms with Gasteiger partial charge in [0.2, 0.25) is 0 Å². The minimum atomic E-state index is -0.211. The number of carbonyl (C=O) groups excluding carboxylic acids is 1. The van der Waals surface area contributed by atoms with Crippen LogP contribution >= 0.6 is 0 Å². The number of nitrogens with zero attached hydrogens (tertiary/aromatic N) is 3. The van der Waals surface area contributed by atoms with Crippen LogP contribution in [-0.4, -0.2) is 32.5 Å². The highest BCUT2D eigenvalue weighted by Gasteiger charge is 1.99. The highest BCUT2D eigenvalue weighted by Crippen LogP contribution is 2.09. The largest absolute Gasteiger partial charge is 0.466 e. The molecule has 0 atom stereocenters. The number of ether oxygens (including phenoxy) is 1. The number of hydrogen-bond acceptors (Lipinski definition) is 6. The molecule has 2 heterocycles. The van der Waals surface area contributed by atoms with E-state index in [1.54, 1.807) is 6.92 Å². The molecule has 7 heteroatoms. The Morgan fingerprint density at radius 3 is 2.75 bits per heavy atom. The lowest BCUT2D eigenvalue weighted by Crippen LogP contribution is -1.95. The van der Waals surface area contributed by atoms with Gasteiger partial charge in [0.15, 0.2) is 11.5 Å². The van der Waals surface area contributed by atoms with Crippen molar-refractivity contribution in [3.8, 4) is 0 Å². The highest BCUT2D eigenvalue weighted by atomic mass is 16.5. The fourth-order valence-electron chi connectivity index (χ4n) is 0.987. The van der Waals surface area contributed by atoms with Crippen LogP contribution < -0.4 is 5.73 Å². The molecule has 0 bridgehead atoms. The Bertz CT molecular complexity index is 468. The number of nitrogens with one attached hydrogen (secondary N) is 1. The van der Waals surface area contributed by atoms with Gasteiger partial charge in [-0.2, -0.15) is 0 Å². The molecule has 16 heavy (non-hydrogen) atoms. The number of fused-ring (bicyclic) bond motifs is 1. The van der Waals surface area contributed by atoms with Crippen LogP contribution in [0.5, 0.6) is 0 Å². The van der Waals surface area contributed by atoms with Crippen molar-refractivity contribution in [2.24, 2.45) is 0 Å². The molecule has 2 aromatic rings. The van der Waals surface area contributed by atoms with Gasteiger partial charge in [0.05, 0.1) is 12.9 Å². The first-order valence-corrected chi connectivity index (χ1v) is 4.68. The summed E-state index contributed by atoms with van der Waals surface area (Å²) in [6, 6.07) is 0. The Hall–Kier alpha value is -2.18. The molecule has 0 unspecified atom stereocenters. The number of aromatic nitrogens is 4. The average Bonchev–Trinajstić information content (AvgIpc) is 2.67. The Balaban J connectivity index is 0.000000187. The summed E-state index contributed by atoms with van der Waals surface area (Å²) in [6.45, 7) is 3.65. The molecule has 0 spiro atoms. The Morgan fingerprint density at radius 1 is 1.50 bits per heavy atom. The maximum absolute atomic E-state index is 9.82. The van der Waals surface area contributed by atoms with Crippen LogP contribution in [-0.2, 0) is 9.53 Å². The van der Waals surface area contributed by atoms with E-state index < -0.39 is 0 Å². The Kier molecular flexibility index (Phi) is 4.19. The van der Waals surface area contributed by atoms with E-state index in [4.69, 9.17) is 5.73 Å². The van der Waals surface area contributed by atoms with Crippen molar-refractivity contribution in [1.82, 2.24) is 19.9 Å². The van der Waals surface area contributed by atoms with Gasteiger partial charge in [0.1, 0.15) is 11.8 Å². The zero-order valence-electron chi connectivity index (χ0n) is 9.10. The fraction of sp³-hybridized carbons (Fsp3) is 0.333. The van der Waals surface area contributed by atoms with E-state index in [1.807, 2.05) is 0 Å². The Labute approximate surface area is 92.1 Å². The summed E-state index contributed by atoms with van der Waals surface area (Å²) in [6.07, 6.45) is 2.92. The molecule has 0 aliphatic carbocycles. The third-order valence-corrected chi connectivity index (χ3v) is 1.60. The van der Waals surface area contributed by atoms with Crippen molar-refractivity contribution in [3.63, 3.8) is 0 Å². The molecule has 7 nitrogen and oxygen atoms in total. The monoisotopic (exact) mass is 223 g/mol. The number of imidazole rings is 1. The van der Waals surface area contributed by atoms with Crippen molar-refractivity contribution in [2.75, 3.05) is 12.3 Å². The van der Waals surface area contributed by atoms with Crippen LogP contribution in [0.3, 0.4) is 0 Å². The number of nitrogens with two attached hydrogens (primary N) is 1. The molecular weight excluding hydrogens is 210 g/mol. The normalized spacial score (nSPS) is 9.38. The van der Waals surface area contributed by atoms with Gasteiger partial charge in [-0.05, 0) is 6.92 Å². The molecule has 2 rings (SSSR count). The molecule has 0 aromatic carbocycles. The molecule has 0 fully saturated rings. The maximum Gasteiger partial charge on any atom is 0.302 e. The first kappa shape index (κ1) is 11.9. The highest BCUT2D eigenvalue weighted by molar-refractivity contribution is 5.80. The second kappa shape index (κ2) is 5.64. The number of carbonyl (C=O) groups is 1. The van der Waals surface area contributed by atoms with E-state index in [2.05, 4.69) is 24.7 Å². The first-order chi connectivity index (χ1) is 7.65. The number of nitrogen functional groups attached to an aromatic ring is 1. The van der Waals surface area contributed by atoms with E-state index >= 15 is 0 Å². The topological polar surface area (TPSA) is 107 Å². The smallest absolute Gasteiger partial charge is 0.302 e. The van der Waals surface area contributed by atoms with E-state index in [0.717, 1.165) is 0 Å². The molecule has 3 N–H and O–H groups in total. The lowest BCUT2D eigenvalue weighted by Gasteiger charge is -1.89. The van der Waals surface area contributed by atoms with Crippen molar-refractivity contribution in [3.05, 3.63) is 12.7 Å². The second-order valence-electron chi connectivity index (χ2n) is 2.78. The van der Waals surface area contributed by atoms with Gasteiger partial charge in [-0.15, -0.1) is 0 Å². The summed E-state index contributed by atoms with van der Waals surface area (Å²) in [5.74, 6) is 0.222. The van der Waals surface area contributed by atoms with E-state index in [9.17, 15) is 4.79 Å². The van der Waals surface area contributed by atoms with E-state index in [0.29, 0.717) is 23.6 Å². The number of hydrogen-bond donors (Lipinski definition) is 2. The number of H-pyrrole nitrogens is 1. The molecule has 86 valence electrons. The zero-order chi connectivity index (χ0) is 12.0. The molecule has 0 aliphatic rings. The number of anilines is 1. The lowest BCUT2D eigenvalue weighted by atomic mass is 10.5. The van der Waals surface area contributed by atoms with Gasteiger partial charge in [0, 0.05) is 6.92 Å². The Morgan fingerprint density at radius 2 is 2.25 bits per heavy atom. The van der Waals surface area contributed by atoms with E-state index in [1.165, 1.54) is 19.6 Å². The fourth-order valence-corrected chi connectivity index (χ4v) is 0.987. The minimum Gasteiger partial charge on any atom is -0.466 e. The van der Waals surface area contributed by atoms with Crippen molar-refractivity contribution in [2.45, 2.75) is 13.8 Å². The molecule has 0 amide bonds. The number of aromatic amines is 1. The van der Waals surface area contributed by atoms with Crippen molar-refractivity contribution < 1.29 is 9.53 Å². The summed E-state index contributed by atoms with van der Waals surface area (Å²) in [4.78, 5) is 24.2. The minimum absolute atomic E-state index is 0.211. The maximum atomic E-state index is 9.82. The third kappa shape index (κ3) is 3.19. The molecule has 0 aliphatic heterocycles. The summed E-state index contributed by atoms with van der Waals surface area (Å²) < 4.78 is 4.40. The van der Waals surface area contributed by atoms with Crippen LogP contribution in [0.1, 0.15) is 13.8 Å². The van der Waals surface area contributed by atoms with Crippen molar-refractivity contribution in [1.29, 1.82) is 0 Å². The van der Waals surface area contributed by atoms with E-state index in [-0.39, 0.29) is 5.97 Å². The second-order valence-corrected chi connectivity index (χ2v) is 2.78. The van der Waals surface area contributed by atoms with Crippen LogP contribution in [0.4, 0.5) is 5.82 Å². The lowest BCUT2D eigenvalue weighted by molar-refractivity contribution is -0.140. The number of esters is 1. The summed E-state index contributed by atoms with van der Waals surface area (Å²) in [7, 11) is 0. The molecule has 0 saturated heterocycles. The van der Waals surface area contributed by atoms with Crippen molar-refractivity contribution >= 4 is 23.0 Å². The predicted octanol–water partition coefficient (Wildman–Crippen LogP) is 0.504. The molecule has 0 saturated carbocycles. The summed E-state index contributed by atoms with van der Waals surface area (Å²) in [5.41, 5.74) is 6.78. The zero-order valence-corrected chi connectivity index (χ0v) is 9.10. The molecule has 2 aromatic heterocycles. The quantitative estimate of drug-likeness (QED) is 0.682. The number of rotatable bonds is 1. The van der Waals surface area contributed by atoms with Gasteiger partial charge >= 0.3 is 5.97 Å². The summed E-state index contributed by atoms with van der Waals surface area (Å²) in [5, 5.41) is 0. The van der Waals surface area contributed by atoms with Crippen LogP contribution in [0.15, 0.2) is 12.7 Å². The molecule has 0 radical (unpaired) electrons. The van der Waals surface area contributed by atoms with Gasteiger partial charge in [0.25, 0.3) is 0 Å². The van der Waals surface area contributed by atoms with Gasteiger partial charge in [-0.25, -0.2) is 15.0 Å². The SMILES string of the molecule is CCOC(C)=O.Nc1ncnc2nc[nH]c12. The first-order valence-electron chi connectivity index (χ1n) is 4.68. The van der Waals surface area contributed by atoms with Gasteiger partial charge < -0.3 is 15.5 Å². The molecular formula is C9H13N5O2. The van der Waals surface area contributed by atoms with Crippen LogP contribution in [0.2, 0.25) is 0 Å².